The van der Waals surface area contributed by atoms with Crippen molar-refractivity contribution in [3.05, 3.63) is 60.0 Å². The first-order chi connectivity index (χ1) is 12.8. The molecule has 1 aromatic carbocycles. The van der Waals surface area contributed by atoms with Crippen molar-refractivity contribution in [2.75, 3.05) is 6.61 Å². The van der Waals surface area contributed by atoms with Crippen molar-refractivity contribution in [2.45, 2.75) is 12.6 Å². The van der Waals surface area contributed by atoms with E-state index in [-0.39, 0.29) is 34.8 Å². The fourth-order valence-corrected chi connectivity index (χ4v) is 2.83. The Balaban J connectivity index is 1.77. The minimum absolute atomic E-state index is 0.0485. The van der Waals surface area contributed by atoms with Gasteiger partial charge in [-0.1, -0.05) is 0 Å². The van der Waals surface area contributed by atoms with Gasteiger partial charge in [0, 0.05) is 19.2 Å². The number of aromatic nitrogens is 4. The summed E-state index contributed by atoms with van der Waals surface area (Å²) in [7, 11) is 1.48. The molecule has 11 nitrogen and oxygen atoms in total. The molecule has 3 N–H and O–H groups in total. The van der Waals surface area contributed by atoms with Crippen LogP contribution in [-0.4, -0.2) is 41.8 Å². The normalized spacial score (nSPS) is 12.2. The molecule has 27 heavy (non-hydrogen) atoms. The number of nitro benzene ring substituents is 1. The van der Waals surface area contributed by atoms with Crippen LogP contribution in [0.2, 0.25) is 0 Å². The van der Waals surface area contributed by atoms with Crippen LogP contribution in [0.3, 0.4) is 0 Å². The quantitative estimate of drug-likeness (QED) is 0.312. The van der Waals surface area contributed by atoms with Crippen LogP contribution in [0.1, 0.15) is 0 Å². The number of H-pyrrole nitrogens is 2. The van der Waals surface area contributed by atoms with Gasteiger partial charge in [-0.15, -0.1) is 0 Å². The first-order valence-corrected chi connectivity index (χ1v) is 8.16. The highest BCUT2D eigenvalue weighted by atomic mass is 32.1. The van der Waals surface area contributed by atoms with E-state index in [9.17, 15) is 24.8 Å². The third-order valence-electron chi connectivity index (χ3n) is 3.92. The molecule has 0 aliphatic heterocycles. The number of rotatable bonds is 6. The summed E-state index contributed by atoms with van der Waals surface area (Å²) in [5, 5.41) is 20.9. The Morgan fingerprint density at radius 3 is 2.59 bits per heavy atom. The molecule has 0 radical (unpaired) electrons. The number of imidazole rings is 1. The van der Waals surface area contributed by atoms with Gasteiger partial charge in [0.2, 0.25) is 0 Å². The first kappa shape index (κ1) is 18.5. The molecule has 3 aromatic rings. The Morgan fingerprint density at radius 1 is 1.30 bits per heavy atom. The number of aliphatic hydroxyl groups is 1. The number of aliphatic hydroxyl groups excluding tert-OH is 1. The Kier molecular flexibility index (Phi) is 4.92. The maximum absolute atomic E-state index is 12.1. The van der Waals surface area contributed by atoms with E-state index in [1.54, 1.807) is 0 Å². The van der Waals surface area contributed by atoms with Crippen molar-refractivity contribution in [1.82, 2.24) is 19.1 Å². The molecule has 0 amide bonds. The standard InChI is InChI=1S/C15H15N5O6S/c1-18-12-11(13(22)17-14(18)23)19(15(27)16-12)6-9(21)7-26-10-4-2-8(3-5-10)20(24)25/h2-5,9,21H,6-7H2,1H3,(H,16,27)(H,17,22,23). The molecule has 2 aromatic heterocycles. The molecule has 12 heteroatoms. The molecule has 0 aliphatic rings. The Morgan fingerprint density at radius 2 is 1.96 bits per heavy atom. The largest absolute Gasteiger partial charge is 0.491 e. The van der Waals surface area contributed by atoms with Gasteiger partial charge in [-0.2, -0.15) is 0 Å². The summed E-state index contributed by atoms with van der Waals surface area (Å²) in [6.45, 7) is -0.178. The zero-order valence-corrected chi connectivity index (χ0v) is 14.9. The van der Waals surface area contributed by atoms with Crippen LogP contribution in [0.5, 0.6) is 5.75 Å². The summed E-state index contributed by atoms with van der Waals surface area (Å²) in [5.74, 6) is 0.349. The molecular weight excluding hydrogens is 378 g/mol. The molecule has 0 fully saturated rings. The number of fused-ring (bicyclic) bond motifs is 1. The van der Waals surface area contributed by atoms with Gasteiger partial charge in [0.05, 0.1) is 11.5 Å². The number of ether oxygens (including phenoxy) is 1. The van der Waals surface area contributed by atoms with Crippen molar-refractivity contribution in [1.29, 1.82) is 0 Å². The third-order valence-corrected chi connectivity index (χ3v) is 4.25. The van der Waals surface area contributed by atoms with Gasteiger partial charge in [-0.3, -0.25) is 24.5 Å². The summed E-state index contributed by atoms with van der Waals surface area (Å²) < 4.78 is 8.17. The predicted molar refractivity (Wildman–Crippen MR) is 97.6 cm³/mol. The summed E-state index contributed by atoms with van der Waals surface area (Å²) in [6, 6.07) is 5.42. The summed E-state index contributed by atoms with van der Waals surface area (Å²) in [6.07, 6.45) is -1.03. The number of non-ortho nitro benzene ring substituents is 1. The van der Waals surface area contributed by atoms with E-state index in [4.69, 9.17) is 17.0 Å². The molecule has 0 aliphatic carbocycles. The van der Waals surface area contributed by atoms with E-state index in [0.29, 0.717) is 5.75 Å². The second-order valence-corrected chi connectivity index (χ2v) is 6.16. The molecule has 0 bridgehead atoms. The van der Waals surface area contributed by atoms with Gasteiger partial charge in [-0.25, -0.2) is 4.79 Å². The maximum Gasteiger partial charge on any atom is 0.329 e. The molecular formula is C15H15N5O6S. The smallest absolute Gasteiger partial charge is 0.329 e. The molecule has 0 saturated carbocycles. The highest BCUT2D eigenvalue weighted by Gasteiger charge is 2.16. The lowest BCUT2D eigenvalue weighted by Gasteiger charge is -2.13. The molecule has 0 saturated heterocycles. The average Bonchev–Trinajstić information content (AvgIpc) is 2.95. The van der Waals surface area contributed by atoms with Gasteiger partial charge in [0.1, 0.15) is 24.1 Å². The molecule has 1 atom stereocenters. The van der Waals surface area contributed by atoms with Crippen molar-refractivity contribution in [3.63, 3.8) is 0 Å². The summed E-state index contributed by atoms with van der Waals surface area (Å²) in [5.41, 5.74) is -0.895. The van der Waals surface area contributed by atoms with Crippen LogP contribution in [-0.2, 0) is 13.6 Å². The number of aromatic amines is 2. The second-order valence-electron chi connectivity index (χ2n) is 5.77. The summed E-state index contributed by atoms with van der Waals surface area (Å²) in [4.78, 5) is 38.8. The Labute approximate surface area is 155 Å². The van der Waals surface area contributed by atoms with Crippen molar-refractivity contribution in [2.24, 2.45) is 7.05 Å². The van der Waals surface area contributed by atoms with Crippen LogP contribution >= 0.6 is 12.2 Å². The summed E-state index contributed by atoms with van der Waals surface area (Å²) >= 11 is 5.17. The number of nitrogens with zero attached hydrogens (tertiary/aromatic N) is 3. The number of nitrogens with one attached hydrogen (secondary N) is 2. The SMILES string of the molecule is Cn1c(=O)[nH]c(=O)c2c1[nH]c(=S)n2CC(O)COc1ccc([N+](=O)[O-])cc1. The molecule has 0 spiro atoms. The van der Waals surface area contributed by atoms with Crippen molar-refractivity contribution in [3.8, 4) is 5.75 Å². The highest BCUT2D eigenvalue weighted by molar-refractivity contribution is 7.71. The number of hydrogen-bond acceptors (Lipinski definition) is 7. The lowest BCUT2D eigenvalue weighted by Crippen LogP contribution is -2.30. The number of nitro groups is 1. The topological polar surface area (TPSA) is 148 Å². The Hall–Kier alpha value is -3.25. The van der Waals surface area contributed by atoms with E-state index >= 15 is 0 Å². The second kappa shape index (κ2) is 7.17. The monoisotopic (exact) mass is 393 g/mol. The van der Waals surface area contributed by atoms with Gasteiger partial charge in [0.15, 0.2) is 10.3 Å². The van der Waals surface area contributed by atoms with Crippen LogP contribution < -0.4 is 16.0 Å². The minimum atomic E-state index is -1.03. The Bertz CT molecular complexity index is 1170. The van der Waals surface area contributed by atoms with Crippen molar-refractivity contribution < 1.29 is 14.8 Å². The van der Waals surface area contributed by atoms with Crippen LogP contribution in [0.4, 0.5) is 5.69 Å². The van der Waals surface area contributed by atoms with Crippen LogP contribution in [0, 0.1) is 14.9 Å². The predicted octanol–water partition coefficient (Wildman–Crippen LogP) is 0.434. The number of benzene rings is 1. The molecule has 3 rings (SSSR count). The third kappa shape index (κ3) is 3.66. The van der Waals surface area contributed by atoms with Gasteiger partial charge < -0.3 is 19.4 Å². The van der Waals surface area contributed by atoms with E-state index in [0.717, 1.165) is 0 Å². The zero-order valence-electron chi connectivity index (χ0n) is 14.0. The van der Waals surface area contributed by atoms with Crippen molar-refractivity contribution >= 4 is 29.1 Å². The fourth-order valence-electron chi connectivity index (χ4n) is 2.57. The van der Waals surface area contributed by atoms with E-state index in [2.05, 4.69) is 9.97 Å². The zero-order chi connectivity index (χ0) is 19.7. The molecule has 1 unspecified atom stereocenters. The van der Waals surface area contributed by atoms with Gasteiger partial charge >= 0.3 is 5.69 Å². The lowest BCUT2D eigenvalue weighted by atomic mass is 10.3. The average molecular weight is 393 g/mol. The minimum Gasteiger partial charge on any atom is -0.491 e. The lowest BCUT2D eigenvalue weighted by molar-refractivity contribution is -0.384. The first-order valence-electron chi connectivity index (χ1n) is 7.75. The van der Waals surface area contributed by atoms with Gasteiger partial charge in [0.25, 0.3) is 11.2 Å². The highest BCUT2D eigenvalue weighted by Crippen LogP contribution is 2.17. The number of hydrogen-bond donors (Lipinski definition) is 3. The van der Waals surface area contributed by atoms with E-state index < -0.39 is 22.3 Å². The number of aryl methyl sites for hydroxylation is 1. The van der Waals surface area contributed by atoms with Crippen LogP contribution in [0.25, 0.3) is 11.2 Å². The van der Waals surface area contributed by atoms with Gasteiger partial charge in [-0.05, 0) is 24.4 Å². The molecule has 2 heterocycles. The molecule has 142 valence electrons. The van der Waals surface area contributed by atoms with E-state index in [1.807, 2.05) is 0 Å². The fraction of sp³-hybridized carbons (Fsp3) is 0.267. The maximum atomic E-state index is 12.1. The van der Waals surface area contributed by atoms with E-state index in [1.165, 1.54) is 40.4 Å². The van der Waals surface area contributed by atoms with Crippen LogP contribution in [0.15, 0.2) is 33.9 Å².